The number of H-pyrrole nitrogens is 1. The number of aromatic amines is 1. The highest BCUT2D eigenvalue weighted by molar-refractivity contribution is 7.98. The molecule has 1 aliphatic rings. The number of hydrogen-bond acceptors (Lipinski definition) is 2. The Morgan fingerprint density at radius 3 is 2.94 bits per heavy atom. The van der Waals surface area contributed by atoms with Crippen LogP contribution in [-0.2, 0) is 13.0 Å². The highest BCUT2D eigenvalue weighted by atomic mass is 35.5. The number of halogens is 2. The molecule has 0 amide bonds. The third-order valence-electron chi connectivity index (χ3n) is 3.13. The fourth-order valence-corrected chi connectivity index (χ4v) is 3.19. The lowest BCUT2D eigenvalue weighted by Crippen LogP contribution is -2.22. The lowest BCUT2D eigenvalue weighted by atomic mass is 10.1. The zero-order chi connectivity index (χ0) is 11.1. The van der Waals surface area contributed by atoms with Gasteiger partial charge in [-0.25, -0.2) is 0 Å². The average Bonchev–Trinajstić information content (AvgIpc) is 2.69. The minimum Gasteiger partial charge on any atom is -0.357 e. The van der Waals surface area contributed by atoms with Crippen molar-refractivity contribution < 1.29 is 0 Å². The van der Waals surface area contributed by atoms with E-state index in [4.69, 9.17) is 11.6 Å². The van der Waals surface area contributed by atoms with E-state index in [1.54, 1.807) is 11.8 Å². The van der Waals surface area contributed by atoms with Gasteiger partial charge in [-0.15, -0.1) is 24.2 Å². The molecule has 92 valence electrons. The van der Waals surface area contributed by atoms with Gasteiger partial charge in [0.05, 0.1) is 10.5 Å². The van der Waals surface area contributed by atoms with E-state index in [1.165, 1.54) is 27.1 Å². The highest BCUT2D eigenvalue weighted by Crippen LogP contribution is 2.36. The van der Waals surface area contributed by atoms with Crippen LogP contribution in [0, 0.1) is 0 Å². The molecule has 0 atom stereocenters. The molecule has 2 N–H and O–H groups in total. The average molecular weight is 289 g/mol. The van der Waals surface area contributed by atoms with Gasteiger partial charge in [-0.1, -0.05) is 11.6 Å². The van der Waals surface area contributed by atoms with Crippen molar-refractivity contribution in [3.63, 3.8) is 0 Å². The quantitative estimate of drug-likeness (QED) is 0.785. The second-order valence-corrected chi connectivity index (χ2v) is 5.26. The summed E-state index contributed by atoms with van der Waals surface area (Å²) in [6.45, 7) is 1.97. The van der Waals surface area contributed by atoms with Crippen molar-refractivity contribution in [2.75, 3.05) is 12.8 Å². The minimum absolute atomic E-state index is 0. The van der Waals surface area contributed by atoms with Crippen LogP contribution in [0.5, 0.6) is 0 Å². The highest BCUT2D eigenvalue weighted by Gasteiger charge is 2.18. The number of rotatable bonds is 1. The van der Waals surface area contributed by atoms with Crippen LogP contribution in [-0.4, -0.2) is 17.8 Å². The Labute approximate surface area is 116 Å². The van der Waals surface area contributed by atoms with Gasteiger partial charge in [-0.05, 0) is 24.0 Å². The predicted octanol–water partition coefficient (Wildman–Crippen LogP) is 3.61. The van der Waals surface area contributed by atoms with E-state index in [2.05, 4.69) is 22.6 Å². The lowest BCUT2D eigenvalue weighted by Gasteiger charge is -2.12. The summed E-state index contributed by atoms with van der Waals surface area (Å²) < 4.78 is 0. The molecule has 1 aliphatic heterocycles. The van der Waals surface area contributed by atoms with E-state index in [0.29, 0.717) is 0 Å². The Bertz CT molecular complexity index is 551. The van der Waals surface area contributed by atoms with E-state index in [9.17, 15) is 0 Å². The molecule has 1 aromatic carbocycles. The standard InChI is InChI=1S/C12H13ClN2S.ClH/c1-16-10-3-2-8(13)11-7-6-14-5-4-9(7)15-12(10)11;/h2-3,14-15H,4-6H2,1H3;1H. The number of nitrogens with one attached hydrogen (secondary N) is 2. The number of thioether (sulfide) groups is 1. The van der Waals surface area contributed by atoms with Crippen LogP contribution in [0.3, 0.4) is 0 Å². The fraction of sp³-hybridized carbons (Fsp3) is 0.333. The number of fused-ring (bicyclic) bond motifs is 3. The van der Waals surface area contributed by atoms with Gasteiger partial charge < -0.3 is 10.3 Å². The van der Waals surface area contributed by atoms with Crippen LogP contribution in [0.25, 0.3) is 10.9 Å². The molecule has 3 rings (SSSR count). The van der Waals surface area contributed by atoms with Gasteiger partial charge in [0.2, 0.25) is 0 Å². The molecule has 17 heavy (non-hydrogen) atoms. The summed E-state index contributed by atoms with van der Waals surface area (Å²) in [5.41, 5.74) is 3.90. The van der Waals surface area contributed by atoms with E-state index in [0.717, 1.165) is 24.5 Å². The lowest BCUT2D eigenvalue weighted by molar-refractivity contribution is 0.641. The zero-order valence-electron chi connectivity index (χ0n) is 9.47. The molecule has 0 unspecified atom stereocenters. The molecule has 1 aromatic heterocycles. The largest absolute Gasteiger partial charge is 0.357 e. The summed E-state index contributed by atoms with van der Waals surface area (Å²) >= 11 is 8.07. The van der Waals surface area contributed by atoms with Gasteiger partial charge in [0.25, 0.3) is 0 Å². The molecule has 2 nitrogen and oxygen atoms in total. The summed E-state index contributed by atoms with van der Waals surface area (Å²) in [4.78, 5) is 4.80. The SMILES string of the molecule is CSc1ccc(Cl)c2c3c([nH]c12)CCNC3.Cl. The van der Waals surface area contributed by atoms with Gasteiger partial charge in [0.15, 0.2) is 0 Å². The van der Waals surface area contributed by atoms with Crippen molar-refractivity contribution in [2.24, 2.45) is 0 Å². The second kappa shape index (κ2) is 5.11. The van der Waals surface area contributed by atoms with Crippen LogP contribution >= 0.6 is 35.8 Å². The van der Waals surface area contributed by atoms with Gasteiger partial charge in [-0.3, -0.25) is 0 Å². The van der Waals surface area contributed by atoms with Gasteiger partial charge in [0.1, 0.15) is 0 Å². The Hall–Kier alpha value is -0.350. The van der Waals surface area contributed by atoms with Crippen LogP contribution in [0.1, 0.15) is 11.3 Å². The summed E-state index contributed by atoms with van der Waals surface area (Å²) in [5.74, 6) is 0. The van der Waals surface area contributed by atoms with Gasteiger partial charge in [0, 0.05) is 35.5 Å². The number of aromatic nitrogens is 1. The monoisotopic (exact) mass is 288 g/mol. The first-order valence-electron chi connectivity index (χ1n) is 5.38. The summed E-state index contributed by atoms with van der Waals surface area (Å²) in [7, 11) is 0. The number of benzene rings is 1. The van der Waals surface area contributed by atoms with E-state index >= 15 is 0 Å². The Morgan fingerprint density at radius 1 is 1.35 bits per heavy atom. The molecule has 0 saturated carbocycles. The van der Waals surface area contributed by atoms with Crippen molar-refractivity contribution in [2.45, 2.75) is 17.9 Å². The smallest absolute Gasteiger partial charge is 0.0612 e. The van der Waals surface area contributed by atoms with Crippen LogP contribution in [0.4, 0.5) is 0 Å². The Morgan fingerprint density at radius 2 is 2.18 bits per heavy atom. The molecule has 2 heterocycles. The van der Waals surface area contributed by atoms with Crippen molar-refractivity contribution in [1.82, 2.24) is 10.3 Å². The second-order valence-electron chi connectivity index (χ2n) is 4.01. The maximum absolute atomic E-state index is 6.31. The van der Waals surface area contributed by atoms with Crippen molar-refractivity contribution >= 4 is 46.7 Å². The third-order valence-corrected chi connectivity index (χ3v) is 4.23. The topological polar surface area (TPSA) is 27.8 Å². The van der Waals surface area contributed by atoms with E-state index in [-0.39, 0.29) is 12.4 Å². The molecular formula is C12H14Cl2N2S. The fourth-order valence-electron chi connectivity index (χ4n) is 2.36. The molecule has 0 fully saturated rings. The Balaban J connectivity index is 0.00000108. The van der Waals surface area contributed by atoms with E-state index < -0.39 is 0 Å². The van der Waals surface area contributed by atoms with Crippen molar-refractivity contribution in [3.8, 4) is 0 Å². The predicted molar refractivity (Wildman–Crippen MR) is 77.7 cm³/mol. The number of hydrogen-bond donors (Lipinski definition) is 2. The van der Waals surface area contributed by atoms with Crippen LogP contribution < -0.4 is 5.32 Å². The van der Waals surface area contributed by atoms with Gasteiger partial charge in [-0.2, -0.15) is 0 Å². The maximum Gasteiger partial charge on any atom is 0.0612 e. The first kappa shape index (κ1) is 13.1. The molecule has 0 spiro atoms. The minimum atomic E-state index is 0. The van der Waals surface area contributed by atoms with Crippen molar-refractivity contribution in [3.05, 3.63) is 28.4 Å². The molecule has 2 aromatic rings. The summed E-state index contributed by atoms with van der Waals surface area (Å²) in [6, 6.07) is 4.09. The molecule has 0 radical (unpaired) electrons. The van der Waals surface area contributed by atoms with Gasteiger partial charge >= 0.3 is 0 Å². The molecule has 5 heteroatoms. The van der Waals surface area contributed by atoms with E-state index in [1.807, 2.05) is 6.07 Å². The molecule has 0 bridgehead atoms. The molecule has 0 aliphatic carbocycles. The van der Waals surface area contributed by atoms with Crippen LogP contribution in [0.15, 0.2) is 17.0 Å². The normalized spacial score (nSPS) is 14.5. The molecular weight excluding hydrogens is 275 g/mol. The zero-order valence-corrected chi connectivity index (χ0v) is 11.9. The first-order valence-corrected chi connectivity index (χ1v) is 6.98. The first-order chi connectivity index (χ1) is 7.81. The van der Waals surface area contributed by atoms with Crippen molar-refractivity contribution in [1.29, 1.82) is 0 Å². The Kier molecular flexibility index (Phi) is 3.93. The summed E-state index contributed by atoms with van der Waals surface area (Å²) in [6.07, 6.45) is 3.16. The molecule has 0 saturated heterocycles. The third kappa shape index (κ3) is 2.06. The summed E-state index contributed by atoms with van der Waals surface area (Å²) in [5, 5.41) is 5.46. The van der Waals surface area contributed by atoms with Crippen LogP contribution in [0.2, 0.25) is 5.02 Å². The maximum atomic E-state index is 6.31.